The Labute approximate surface area is 215 Å². The van der Waals surface area contributed by atoms with Crippen molar-refractivity contribution in [3.8, 4) is 22.8 Å². The van der Waals surface area contributed by atoms with E-state index in [1.807, 2.05) is 38.1 Å². The second-order valence-electron chi connectivity index (χ2n) is 8.61. The van der Waals surface area contributed by atoms with Gasteiger partial charge in [-0.1, -0.05) is 18.2 Å². The molecule has 9 nitrogen and oxygen atoms in total. The number of methoxy groups -OCH3 is 2. The van der Waals surface area contributed by atoms with Gasteiger partial charge in [-0.15, -0.1) is 0 Å². The van der Waals surface area contributed by atoms with Crippen molar-refractivity contribution in [2.24, 2.45) is 0 Å². The molecule has 37 heavy (non-hydrogen) atoms. The minimum absolute atomic E-state index is 0.00456. The summed E-state index contributed by atoms with van der Waals surface area (Å²) >= 11 is 0. The van der Waals surface area contributed by atoms with Crippen LogP contribution >= 0.6 is 0 Å². The fraction of sp³-hybridized carbons (Fsp3) is 0.214. The van der Waals surface area contributed by atoms with E-state index in [4.69, 9.17) is 9.47 Å². The van der Waals surface area contributed by atoms with E-state index < -0.39 is 0 Å². The van der Waals surface area contributed by atoms with Gasteiger partial charge in [0.15, 0.2) is 11.5 Å². The van der Waals surface area contributed by atoms with Gasteiger partial charge < -0.3 is 25.4 Å². The Morgan fingerprint density at radius 3 is 2.19 bits per heavy atom. The molecule has 4 aromatic rings. The van der Waals surface area contributed by atoms with E-state index in [-0.39, 0.29) is 17.9 Å². The monoisotopic (exact) mass is 499 g/mol. The Morgan fingerprint density at radius 1 is 0.838 bits per heavy atom. The van der Waals surface area contributed by atoms with E-state index >= 15 is 0 Å². The number of hydrogen-bond acceptors (Lipinski definition) is 7. The maximum atomic E-state index is 13.0. The number of anilines is 2. The third kappa shape index (κ3) is 5.61. The largest absolute Gasteiger partial charge is 0.493 e. The van der Waals surface area contributed by atoms with Gasteiger partial charge in [0.25, 0.3) is 11.8 Å². The average Bonchev–Trinajstić information content (AvgIpc) is 2.91. The van der Waals surface area contributed by atoms with Crippen LogP contribution in [-0.2, 0) is 0 Å². The summed E-state index contributed by atoms with van der Waals surface area (Å²) in [7, 11) is 4.89. The summed E-state index contributed by atoms with van der Waals surface area (Å²) in [6, 6.07) is 17.6. The van der Waals surface area contributed by atoms with Crippen LogP contribution in [0, 0.1) is 0 Å². The molecule has 0 aliphatic rings. The van der Waals surface area contributed by atoms with Gasteiger partial charge in [0, 0.05) is 46.9 Å². The maximum absolute atomic E-state index is 13.0. The highest BCUT2D eigenvalue weighted by Gasteiger charge is 2.16. The predicted molar refractivity (Wildman–Crippen MR) is 145 cm³/mol. The van der Waals surface area contributed by atoms with E-state index in [9.17, 15) is 9.59 Å². The van der Waals surface area contributed by atoms with Crippen molar-refractivity contribution in [1.29, 1.82) is 0 Å². The summed E-state index contributed by atoms with van der Waals surface area (Å²) < 4.78 is 10.9. The summed E-state index contributed by atoms with van der Waals surface area (Å²) in [6.07, 6.45) is 0. The average molecular weight is 500 g/mol. The smallest absolute Gasteiger partial charge is 0.255 e. The third-order valence-electron chi connectivity index (χ3n) is 5.63. The lowest BCUT2D eigenvalue weighted by atomic mass is 10.0. The Morgan fingerprint density at radius 2 is 1.51 bits per heavy atom. The first kappa shape index (κ1) is 25.4. The van der Waals surface area contributed by atoms with Crippen LogP contribution in [0.5, 0.6) is 11.5 Å². The molecule has 3 aromatic carbocycles. The normalized spacial score (nSPS) is 10.8. The van der Waals surface area contributed by atoms with Gasteiger partial charge in [0.2, 0.25) is 5.95 Å². The number of fused-ring (bicyclic) bond motifs is 1. The Hall–Kier alpha value is -4.66. The highest BCUT2D eigenvalue weighted by molar-refractivity contribution is 6.06. The minimum atomic E-state index is -0.328. The number of benzene rings is 3. The highest BCUT2D eigenvalue weighted by atomic mass is 16.5. The lowest BCUT2D eigenvalue weighted by molar-refractivity contribution is 0.0943. The molecular formula is C28H29N5O4. The molecule has 1 heterocycles. The zero-order valence-electron chi connectivity index (χ0n) is 21.4. The third-order valence-corrected chi connectivity index (χ3v) is 5.63. The quantitative estimate of drug-likeness (QED) is 0.321. The van der Waals surface area contributed by atoms with E-state index in [2.05, 4.69) is 25.9 Å². The number of ether oxygens (including phenoxy) is 2. The summed E-state index contributed by atoms with van der Waals surface area (Å²) in [4.78, 5) is 34.6. The lowest BCUT2D eigenvalue weighted by Gasteiger charge is -2.14. The minimum Gasteiger partial charge on any atom is -0.493 e. The van der Waals surface area contributed by atoms with Crippen LogP contribution in [0.25, 0.3) is 22.2 Å². The van der Waals surface area contributed by atoms with E-state index in [0.717, 1.165) is 10.9 Å². The molecule has 1 aromatic heterocycles. The Balaban J connectivity index is 1.68. The number of aromatic nitrogens is 2. The van der Waals surface area contributed by atoms with Crippen molar-refractivity contribution in [3.05, 3.63) is 71.8 Å². The Bertz CT molecular complexity index is 1470. The first-order valence-electron chi connectivity index (χ1n) is 11.8. The maximum Gasteiger partial charge on any atom is 0.255 e. The number of hydrogen-bond donors (Lipinski definition) is 3. The van der Waals surface area contributed by atoms with Crippen LogP contribution < -0.4 is 25.4 Å². The van der Waals surface area contributed by atoms with Gasteiger partial charge in [-0.3, -0.25) is 9.59 Å². The lowest BCUT2D eigenvalue weighted by Crippen LogP contribution is -2.30. The molecule has 0 aliphatic heterocycles. The first-order chi connectivity index (χ1) is 17.8. The molecule has 190 valence electrons. The number of nitrogens with one attached hydrogen (secondary N) is 3. The number of carbonyl (C=O) groups excluding carboxylic acids is 2. The molecule has 0 atom stereocenters. The van der Waals surface area contributed by atoms with Gasteiger partial charge in [0.05, 0.1) is 25.4 Å². The predicted octanol–water partition coefficient (Wildman–Crippen LogP) is 4.75. The van der Waals surface area contributed by atoms with Crippen LogP contribution in [0.1, 0.15) is 34.6 Å². The molecule has 0 radical (unpaired) electrons. The SMILES string of the molecule is CNc1nc(-c2cccc(NC(=O)c3cccc(C(=O)NC(C)C)c3)c2)c2cc(OC)c(OC)cc2n1. The molecule has 0 spiro atoms. The van der Waals surface area contributed by atoms with Crippen LogP contribution in [0.4, 0.5) is 11.6 Å². The second kappa shape index (κ2) is 10.9. The van der Waals surface area contributed by atoms with Crippen LogP contribution in [0.2, 0.25) is 0 Å². The van der Waals surface area contributed by atoms with Crippen molar-refractivity contribution in [1.82, 2.24) is 15.3 Å². The van der Waals surface area contributed by atoms with Gasteiger partial charge in [0.1, 0.15) is 0 Å². The number of amides is 2. The van der Waals surface area contributed by atoms with Crippen LogP contribution in [-0.4, -0.2) is 49.1 Å². The fourth-order valence-corrected chi connectivity index (χ4v) is 3.88. The molecule has 2 amide bonds. The van der Waals surface area contributed by atoms with Crippen molar-refractivity contribution >= 4 is 34.4 Å². The molecule has 0 unspecified atom stereocenters. The number of rotatable bonds is 8. The molecule has 0 saturated carbocycles. The molecule has 0 saturated heterocycles. The van der Waals surface area contributed by atoms with E-state index in [1.165, 1.54) is 0 Å². The molecule has 4 rings (SSSR count). The van der Waals surface area contributed by atoms with Crippen molar-refractivity contribution in [2.75, 3.05) is 31.9 Å². The van der Waals surface area contributed by atoms with Crippen molar-refractivity contribution in [2.45, 2.75) is 19.9 Å². The first-order valence-corrected chi connectivity index (χ1v) is 11.8. The van der Waals surface area contributed by atoms with E-state index in [1.54, 1.807) is 57.7 Å². The summed E-state index contributed by atoms with van der Waals surface area (Å²) in [5.41, 5.74) is 3.50. The fourth-order valence-electron chi connectivity index (χ4n) is 3.88. The molecular weight excluding hydrogens is 470 g/mol. The summed E-state index contributed by atoms with van der Waals surface area (Å²) in [5, 5.41) is 9.51. The summed E-state index contributed by atoms with van der Waals surface area (Å²) in [6.45, 7) is 3.77. The molecule has 0 aliphatic carbocycles. The molecule has 0 bridgehead atoms. The highest BCUT2D eigenvalue weighted by Crippen LogP contribution is 2.36. The van der Waals surface area contributed by atoms with Crippen molar-refractivity contribution in [3.63, 3.8) is 0 Å². The van der Waals surface area contributed by atoms with E-state index in [0.29, 0.717) is 45.5 Å². The molecule has 9 heteroatoms. The molecule has 0 fully saturated rings. The second-order valence-corrected chi connectivity index (χ2v) is 8.61. The van der Waals surface area contributed by atoms with Gasteiger partial charge in [-0.2, -0.15) is 0 Å². The van der Waals surface area contributed by atoms with Crippen molar-refractivity contribution < 1.29 is 19.1 Å². The Kier molecular flexibility index (Phi) is 7.52. The molecule has 3 N–H and O–H groups in total. The topological polar surface area (TPSA) is 114 Å². The van der Waals surface area contributed by atoms with Crippen LogP contribution in [0.3, 0.4) is 0 Å². The zero-order valence-corrected chi connectivity index (χ0v) is 21.4. The van der Waals surface area contributed by atoms with Gasteiger partial charge in [-0.25, -0.2) is 9.97 Å². The number of carbonyl (C=O) groups is 2. The van der Waals surface area contributed by atoms with Crippen LogP contribution in [0.15, 0.2) is 60.7 Å². The summed E-state index contributed by atoms with van der Waals surface area (Å²) in [5.74, 6) is 1.01. The zero-order chi connectivity index (χ0) is 26.5. The van der Waals surface area contributed by atoms with Gasteiger partial charge >= 0.3 is 0 Å². The standard InChI is InChI=1S/C28H29N5O4/c1-16(2)30-26(34)18-9-6-10-19(12-18)27(35)31-20-11-7-8-17(13-20)25-21-14-23(36-4)24(37-5)15-22(21)32-28(29-3)33-25/h6-16H,1-5H3,(H,30,34)(H,31,35)(H,29,32,33). The van der Waals surface area contributed by atoms with Gasteiger partial charge in [-0.05, 0) is 50.2 Å². The number of nitrogens with zero attached hydrogens (tertiary/aromatic N) is 2.